The zero-order valence-corrected chi connectivity index (χ0v) is 6.91. The Morgan fingerprint density at radius 1 is 1.56 bits per heavy atom. The predicted octanol–water partition coefficient (Wildman–Crippen LogP) is 3.26. The van der Waals surface area contributed by atoms with Crippen LogP contribution in [-0.2, 0) is 0 Å². The van der Waals surface area contributed by atoms with E-state index in [-0.39, 0.29) is 0 Å². The van der Waals surface area contributed by atoms with Crippen LogP contribution in [0.2, 0.25) is 0 Å². The summed E-state index contributed by atoms with van der Waals surface area (Å²) in [5.74, 6) is 3.50. The first-order valence-electron chi connectivity index (χ1n) is 3.46. The minimum absolute atomic E-state index is 1.16. The highest BCUT2D eigenvalue weighted by Crippen LogP contribution is 2.10. The first-order chi connectivity index (χ1) is 4.41. The van der Waals surface area contributed by atoms with E-state index in [1.165, 1.54) is 18.6 Å². The third kappa shape index (κ3) is 8.09. The second kappa shape index (κ2) is 8.09. The second-order valence-electron chi connectivity index (χ2n) is 1.88. The van der Waals surface area contributed by atoms with Crippen molar-refractivity contribution in [3.8, 4) is 0 Å². The van der Waals surface area contributed by atoms with Crippen molar-refractivity contribution in [2.75, 3.05) is 5.75 Å². The number of hydrogen-bond acceptors (Lipinski definition) is 1. The molecule has 53 valence electrons. The topological polar surface area (TPSA) is 0 Å². The number of unbranched alkanes of at least 4 members (excludes halogenated alkanes) is 1. The molecule has 0 aromatic carbocycles. The SMILES string of the molecule is C=CCCCS[CH]CC. The average molecular weight is 143 g/mol. The molecule has 0 saturated carbocycles. The third-order valence-corrected chi connectivity index (χ3v) is 2.05. The summed E-state index contributed by atoms with van der Waals surface area (Å²) >= 11 is 1.92. The van der Waals surface area contributed by atoms with Gasteiger partial charge in [0.2, 0.25) is 0 Å². The Balaban J connectivity index is 2.66. The van der Waals surface area contributed by atoms with Gasteiger partial charge in [-0.05, 0) is 25.0 Å². The smallest absolute Gasteiger partial charge is 0.0163 e. The fourth-order valence-corrected chi connectivity index (χ4v) is 1.25. The van der Waals surface area contributed by atoms with Crippen LogP contribution in [0.4, 0.5) is 0 Å². The molecule has 1 radical (unpaired) electrons. The van der Waals surface area contributed by atoms with Crippen molar-refractivity contribution in [3.05, 3.63) is 18.4 Å². The molecule has 0 bridgehead atoms. The van der Waals surface area contributed by atoms with Crippen molar-refractivity contribution in [1.29, 1.82) is 0 Å². The van der Waals surface area contributed by atoms with Crippen molar-refractivity contribution in [3.63, 3.8) is 0 Å². The molecule has 0 unspecified atom stereocenters. The molecule has 0 atom stereocenters. The Morgan fingerprint density at radius 3 is 2.89 bits per heavy atom. The highest BCUT2D eigenvalue weighted by Gasteiger charge is 1.84. The zero-order chi connectivity index (χ0) is 6.95. The summed E-state index contributed by atoms with van der Waals surface area (Å²) in [6.45, 7) is 5.83. The van der Waals surface area contributed by atoms with E-state index >= 15 is 0 Å². The van der Waals surface area contributed by atoms with Gasteiger partial charge >= 0.3 is 0 Å². The van der Waals surface area contributed by atoms with Gasteiger partial charge in [-0.1, -0.05) is 13.0 Å². The van der Waals surface area contributed by atoms with Crippen LogP contribution in [0.25, 0.3) is 0 Å². The number of hydrogen-bond donors (Lipinski definition) is 0. The maximum atomic E-state index is 3.66. The fraction of sp³-hybridized carbons (Fsp3) is 0.625. The molecule has 0 nitrogen and oxygen atoms in total. The lowest BCUT2D eigenvalue weighted by molar-refractivity contribution is 0.974. The number of allylic oxidation sites excluding steroid dienone is 1. The summed E-state index contributed by atoms with van der Waals surface area (Å²) in [6.07, 6.45) is 5.58. The Labute approximate surface area is 62.7 Å². The molecule has 0 heterocycles. The van der Waals surface area contributed by atoms with E-state index in [1.54, 1.807) is 0 Å². The molecule has 0 aromatic heterocycles. The minimum Gasteiger partial charge on any atom is -0.157 e. The zero-order valence-electron chi connectivity index (χ0n) is 6.10. The maximum Gasteiger partial charge on any atom is 0.0163 e. The molecule has 0 spiro atoms. The largest absolute Gasteiger partial charge is 0.157 e. The Kier molecular flexibility index (Phi) is 8.17. The molecule has 0 rings (SSSR count). The molecule has 9 heavy (non-hydrogen) atoms. The van der Waals surface area contributed by atoms with Crippen LogP contribution in [-0.4, -0.2) is 5.75 Å². The van der Waals surface area contributed by atoms with E-state index in [2.05, 4.69) is 19.3 Å². The third-order valence-electron chi connectivity index (χ3n) is 0.955. The van der Waals surface area contributed by atoms with Crippen LogP contribution in [0.3, 0.4) is 0 Å². The first-order valence-corrected chi connectivity index (χ1v) is 4.50. The highest BCUT2D eigenvalue weighted by molar-refractivity contribution is 8.01. The van der Waals surface area contributed by atoms with Gasteiger partial charge in [-0.25, -0.2) is 0 Å². The summed E-state index contributed by atoms with van der Waals surface area (Å²) in [7, 11) is 0. The van der Waals surface area contributed by atoms with E-state index in [0.29, 0.717) is 0 Å². The van der Waals surface area contributed by atoms with Crippen molar-refractivity contribution in [2.45, 2.75) is 26.2 Å². The van der Waals surface area contributed by atoms with Gasteiger partial charge in [0, 0.05) is 5.75 Å². The van der Waals surface area contributed by atoms with Gasteiger partial charge in [0.1, 0.15) is 0 Å². The summed E-state index contributed by atoms with van der Waals surface area (Å²) in [5.41, 5.74) is 0. The Bertz CT molecular complexity index is 59.6. The summed E-state index contributed by atoms with van der Waals surface area (Å²) in [6, 6.07) is 0. The van der Waals surface area contributed by atoms with Crippen molar-refractivity contribution in [1.82, 2.24) is 0 Å². The summed E-state index contributed by atoms with van der Waals surface area (Å²) in [4.78, 5) is 0. The van der Waals surface area contributed by atoms with Gasteiger partial charge in [-0.2, -0.15) is 11.8 Å². The minimum atomic E-state index is 1.16. The highest BCUT2D eigenvalue weighted by atomic mass is 32.2. The van der Waals surface area contributed by atoms with E-state index in [4.69, 9.17) is 0 Å². The molecular formula is C8H15S. The monoisotopic (exact) mass is 143 g/mol. The molecule has 0 N–H and O–H groups in total. The van der Waals surface area contributed by atoms with Gasteiger partial charge in [0.25, 0.3) is 0 Å². The van der Waals surface area contributed by atoms with Crippen LogP contribution < -0.4 is 0 Å². The predicted molar refractivity (Wildman–Crippen MR) is 46.5 cm³/mol. The Hall–Kier alpha value is 0.0900. The van der Waals surface area contributed by atoms with Gasteiger partial charge < -0.3 is 0 Å². The fourth-order valence-electron chi connectivity index (χ4n) is 0.512. The molecule has 0 aliphatic heterocycles. The summed E-state index contributed by atoms with van der Waals surface area (Å²) in [5, 5.41) is 0. The lowest BCUT2D eigenvalue weighted by Crippen LogP contribution is -1.76. The van der Waals surface area contributed by atoms with Gasteiger partial charge in [0.15, 0.2) is 0 Å². The van der Waals surface area contributed by atoms with Gasteiger partial charge in [0.05, 0.1) is 0 Å². The summed E-state index contributed by atoms with van der Waals surface area (Å²) < 4.78 is 0. The molecule has 0 amide bonds. The van der Waals surface area contributed by atoms with E-state index in [1.807, 2.05) is 17.8 Å². The Morgan fingerprint density at radius 2 is 2.33 bits per heavy atom. The maximum absolute atomic E-state index is 3.66. The van der Waals surface area contributed by atoms with Crippen LogP contribution in [0.15, 0.2) is 12.7 Å². The van der Waals surface area contributed by atoms with Crippen LogP contribution in [0, 0.1) is 5.75 Å². The number of thioether (sulfide) groups is 1. The second-order valence-corrected chi connectivity index (χ2v) is 2.95. The van der Waals surface area contributed by atoms with Crippen LogP contribution >= 0.6 is 11.8 Å². The average Bonchev–Trinajstić information content (AvgIpc) is 1.89. The lowest BCUT2D eigenvalue weighted by atomic mass is 10.3. The molecule has 1 heteroatoms. The quantitative estimate of drug-likeness (QED) is 0.406. The molecule has 0 fully saturated rings. The van der Waals surface area contributed by atoms with Crippen molar-refractivity contribution < 1.29 is 0 Å². The van der Waals surface area contributed by atoms with E-state index in [9.17, 15) is 0 Å². The van der Waals surface area contributed by atoms with Gasteiger partial charge in [-0.15, -0.1) is 6.58 Å². The van der Waals surface area contributed by atoms with Gasteiger partial charge in [-0.3, -0.25) is 0 Å². The first kappa shape index (κ1) is 9.09. The van der Waals surface area contributed by atoms with Crippen molar-refractivity contribution >= 4 is 11.8 Å². The van der Waals surface area contributed by atoms with E-state index < -0.39 is 0 Å². The van der Waals surface area contributed by atoms with Crippen molar-refractivity contribution in [2.24, 2.45) is 0 Å². The molecule has 0 aliphatic carbocycles. The van der Waals surface area contributed by atoms with E-state index in [0.717, 1.165) is 6.42 Å². The lowest BCUT2D eigenvalue weighted by Gasteiger charge is -1.94. The molecular weight excluding hydrogens is 128 g/mol. The van der Waals surface area contributed by atoms with Crippen LogP contribution in [0.5, 0.6) is 0 Å². The molecule has 0 aromatic rings. The molecule has 0 aliphatic rings. The number of rotatable bonds is 6. The standard InChI is InChI=1S/C8H15S/c1-3-5-6-8-9-7-4-2/h3,7H,1,4-6,8H2,2H3. The molecule has 0 saturated heterocycles. The normalized spacial score (nSPS) is 9.44. The van der Waals surface area contributed by atoms with Crippen LogP contribution in [0.1, 0.15) is 26.2 Å².